The number of hydrogen-bond acceptors (Lipinski definition) is 3. The number of carbonyl (C=O) groups is 2. The third-order valence-electron chi connectivity index (χ3n) is 3.94. The Kier molecular flexibility index (Phi) is 4.33. The summed E-state index contributed by atoms with van der Waals surface area (Å²) in [6, 6.07) is 6.69. The minimum absolute atomic E-state index is 0.121. The van der Waals surface area contributed by atoms with Gasteiger partial charge in [0.05, 0.1) is 12.5 Å². The molecule has 5 heteroatoms. The number of rotatable bonds is 4. The van der Waals surface area contributed by atoms with Crippen LogP contribution in [-0.4, -0.2) is 25.0 Å². The molecule has 0 unspecified atom stereocenters. The SMILES string of the molecule is COC(=O)[C@H](C)NC(=O)C1(c2ccc(Cl)cc2)CCC1. The van der Waals surface area contributed by atoms with E-state index in [1.54, 1.807) is 19.1 Å². The van der Waals surface area contributed by atoms with Gasteiger partial charge >= 0.3 is 5.97 Å². The first-order valence-electron chi connectivity index (χ1n) is 6.64. The van der Waals surface area contributed by atoms with Gasteiger partial charge in [0.2, 0.25) is 5.91 Å². The first-order valence-corrected chi connectivity index (χ1v) is 7.02. The fourth-order valence-corrected chi connectivity index (χ4v) is 2.64. The van der Waals surface area contributed by atoms with Crippen molar-refractivity contribution >= 4 is 23.5 Å². The molecule has 0 spiro atoms. The van der Waals surface area contributed by atoms with Crippen LogP contribution in [0.1, 0.15) is 31.7 Å². The quantitative estimate of drug-likeness (QED) is 0.868. The summed E-state index contributed by atoms with van der Waals surface area (Å²) in [4.78, 5) is 23.9. The molecule has 1 fully saturated rings. The smallest absolute Gasteiger partial charge is 0.328 e. The van der Waals surface area contributed by atoms with Crippen LogP contribution in [0.25, 0.3) is 0 Å². The fraction of sp³-hybridized carbons (Fsp3) is 0.467. The van der Waals surface area contributed by atoms with E-state index in [2.05, 4.69) is 10.1 Å². The second kappa shape index (κ2) is 5.83. The highest BCUT2D eigenvalue weighted by Crippen LogP contribution is 2.44. The lowest BCUT2D eigenvalue weighted by Gasteiger charge is -2.41. The number of methoxy groups -OCH3 is 1. The molecule has 1 atom stereocenters. The number of esters is 1. The molecule has 0 saturated heterocycles. The van der Waals surface area contributed by atoms with Gasteiger partial charge in [0, 0.05) is 5.02 Å². The summed E-state index contributed by atoms with van der Waals surface area (Å²) in [5, 5.41) is 3.38. The van der Waals surface area contributed by atoms with Gasteiger partial charge in [-0.05, 0) is 37.5 Å². The normalized spacial score (nSPS) is 17.8. The van der Waals surface area contributed by atoms with Crippen molar-refractivity contribution in [2.75, 3.05) is 7.11 Å². The summed E-state index contributed by atoms with van der Waals surface area (Å²) in [7, 11) is 1.31. The molecule has 1 aromatic carbocycles. The van der Waals surface area contributed by atoms with E-state index in [-0.39, 0.29) is 5.91 Å². The van der Waals surface area contributed by atoms with E-state index in [0.29, 0.717) is 5.02 Å². The van der Waals surface area contributed by atoms with Crippen LogP contribution >= 0.6 is 11.6 Å². The third kappa shape index (κ3) is 2.66. The maximum atomic E-state index is 12.5. The van der Waals surface area contributed by atoms with Crippen molar-refractivity contribution in [2.24, 2.45) is 0 Å². The molecule has 1 aromatic rings. The van der Waals surface area contributed by atoms with Gasteiger partial charge in [-0.2, -0.15) is 0 Å². The molecule has 4 nitrogen and oxygen atoms in total. The van der Waals surface area contributed by atoms with Crippen molar-refractivity contribution in [3.63, 3.8) is 0 Å². The topological polar surface area (TPSA) is 55.4 Å². The maximum Gasteiger partial charge on any atom is 0.328 e. The lowest BCUT2D eigenvalue weighted by atomic mass is 9.63. The summed E-state index contributed by atoms with van der Waals surface area (Å²) in [6.07, 6.45) is 2.57. The Hall–Kier alpha value is -1.55. The van der Waals surface area contributed by atoms with Gasteiger partial charge in [-0.25, -0.2) is 4.79 Å². The van der Waals surface area contributed by atoms with Gasteiger partial charge in [0.25, 0.3) is 0 Å². The Labute approximate surface area is 123 Å². The number of halogens is 1. The third-order valence-corrected chi connectivity index (χ3v) is 4.19. The van der Waals surface area contributed by atoms with Crippen LogP contribution in [0.15, 0.2) is 24.3 Å². The van der Waals surface area contributed by atoms with Crippen LogP contribution in [-0.2, 0) is 19.7 Å². The predicted molar refractivity (Wildman–Crippen MR) is 76.6 cm³/mol. The predicted octanol–water partition coefficient (Wildman–Crippen LogP) is 2.44. The van der Waals surface area contributed by atoms with E-state index < -0.39 is 17.4 Å². The standard InChI is InChI=1S/C15H18ClNO3/c1-10(13(18)20-2)17-14(19)15(8-3-9-15)11-4-6-12(16)7-5-11/h4-7,10H,3,8-9H2,1-2H3,(H,17,19)/t10-/m0/s1. The minimum atomic E-state index is -0.641. The lowest BCUT2D eigenvalue weighted by Crippen LogP contribution is -2.53. The molecular weight excluding hydrogens is 278 g/mol. The molecule has 1 aliphatic rings. The highest BCUT2D eigenvalue weighted by atomic mass is 35.5. The average molecular weight is 296 g/mol. The summed E-state index contributed by atoms with van der Waals surface area (Å²) < 4.78 is 4.63. The summed E-state index contributed by atoms with van der Waals surface area (Å²) in [6.45, 7) is 1.62. The first kappa shape index (κ1) is 14.9. The van der Waals surface area contributed by atoms with Crippen molar-refractivity contribution in [3.05, 3.63) is 34.9 Å². The molecule has 2 rings (SSSR count). The van der Waals surface area contributed by atoms with Crippen molar-refractivity contribution in [2.45, 2.75) is 37.6 Å². The van der Waals surface area contributed by atoms with Gasteiger partial charge in [-0.3, -0.25) is 4.79 Å². The Morgan fingerprint density at radius 3 is 2.35 bits per heavy atom. The molecule has 0 aromatic heterocycles. The highest BCUT2D eigenvalue weighted by Gasteiger charge is 2.46. The molecule has 1 N–H and O–H groups in total. The Bertz CT molecular complexity index is 508. The monoisotopic (exact) mass is 295 g/mol. The van der Waals surface area contributed by atoms with Gasteiger partial charge in [0.1, 0.15) is 6.04 Å². The zero-order valence-electron chi connectivity index (χ0n) is 11.6. The zero-order chi connectivity index (χ0) is 14.8. The van der Waals surface area contributed by atoms with Gasteiger partial charge in [-0.15, -0.1) is 0 Å². The van der Waals surface area contributed by atoms with E-state index in [1.807, 2.05) is 12.1 Å². The molecule has 1 saturated carbocycles. The van der Waals surface area contributed by atoms with E-state index in [9.17, 15) is 9.59 Å². The van der Waals surface area contributed by atoms with Crippen LogP contribution in [0.3, 0.4) is 0 Å². The second-order valence-corrected chi connectivity index (χ2v) is 5.60. The minimum Gasteiger partial charge on any atom is -0.467 e. The molecule has 108 valence electrons. The summed E-state index contributed by atoms with van der Waals surface area (Å²) >= 11 is 5.89. The van der Waals surface area contributed by atoms with Crippen LogP contribution in [0.5, 0.6) is 0 Å². The number of amides is 1. The number of nitrogens with one attached hydrogen (secondary N) is 1. The van der Waals surface area contributed by atoms with Gasteiger partial charge in [-0.1, -0.05) is 30.2 Å². The first-order chi connectivity index (χ1) is 9.49. The van der Waals surface area contributed by atoms with E-state index in [4.69, 9.17) is 11.6 Å². The molecule has 0 bridgehead atoms. The Balaban J connectivity index is 2.17. The lowest BCUT2D eigenvalue weighted by molar-refractivity contribution is -0.145. The van der Waals surface area contributed by atoms with Gasteiger partial charge in [0.15, 0.2) is 0 Å². The van der Waals surface area contributed by atoms with Crippen molar-refractivity contribution in [1.82, 2.24) is 5.32 Å². The Morgan fingerprint density at radius 2 is 1.90 bits per heavy atom. The van der Waals surface area contributed by atoms with Crippen molar-refractivity contribution < 1.29 is 14.3 Å². The van der Waals surface area contributed by atoms with Crippen molar-refractivity contribution in [1.29, 1.82) is 0 Å². The molecular formula is C15H18ClNO3. The zero-order valence-corrected chi connectivity index (χ0v) is 12.4. The second-order valence-electron chi connectivity index (χ2n) is 5.16. The summed E-state index contributed by atoms with van der Waals surface area (Å²) in [5.41, 5.74) is 0.412. The number of ether oxygens (including phenoxy) is 1. The molecule has 20 heavy (non-hydrogen) atoms. The van der Waals surface area contributed by atoms with Crippen molar-refractivity contribution in [3.8, 4) is 0 Å². The number of hydrogen-bond donors (Lipinski definition) is 1. The highest BCUT2D eigenvalue weighted by molar-refractivity contribution is 6.30. The van der Waals surface area contributed by atoms with E-state index >= 15 is 0 Å². The Morgan fingerprint density at radius 1 is 1.30 bits per heavy atom. The van der Waals surface area contributed by atoms with Crippen LogP contribution in [0, 0.1) is 0 Å². The van der Waals surface area contributed by atoms with Crippen LogP contribution in [0.4, 0.5) is 0 Å². The van der Waals surface area contributed by atoms with E-state index in [1.165, 1.54) is 7.11 Å². The number of benzene rings is 1. The molecule has 1 aliphatic carbocycles. The van der Waals surface area contributed by atoms with Crippen LogP contribution in [0.2, 0.25) is 5.02 Å². The largest absolute Gasteiger partial charge is 0.467 e. The average Bonchev–Trinajstić information content (AvgIpc) is 2.38. The fourth-order valence-electron chi connectivity index (χ4n) is 2.52. The maximum absolute atomic E-state index is 12.5. The summed E-state index contributed by atoms with van der Waals surface area (Å²) in [5.74, 6) is -0.562. The molecule has 1 amide bonds. The molecule has 0 radical (unpaired) electrons. The molecule has 0 heterocycles. The van der Waals surface area contributed by atoms with Gasteiger partial charge < -0.3 is 10.1 Å². The number of carbonyl (C=O) groups excluding carboxylic acids is 2. The molecule has 0 aliphatic heterocycles. The van der Waals surface area contributed by atoms with Crippen LogP contribution < -0.4 is 5.32 Å². The van der Waals surface area contributed by atoms with E-state index in [0.717, 1.165) is 24.8 Å².